The number of carboxylic acids is 1. The van der Waals surface area contributed by atoms with Crippen molar-refractivity contribution >= 4 is 17.9 Å². The highest BCUT2D eigenvalue weighted by atomic mass is 16.7. The minimum absolute atomic E-state index is 0.183. The van der Waals surface area contributed by atoms with E-state index in [1.807, 2.05) is 21.1 Å². The number of hydrogen-bond donors (Lipinski definition) is 1. The van der Waals surface area contributed by atoms with Gasteiger partial charge < -0.3 is 28.5 Å². The van der Waals surface area contributed by atoms with Crippen molar-refractivity contribution in [3.05, 3.63) is 24.3 Å². The molecule has 9 heteroatoms. The molecule has 0 saturated heterocycles. The van der Waals surface area contributed by atoms with Crippen LogP contribution >= 0.6 is 0 Å². The lowest BCUT2D eigenvalue weighted by molar-refractivity contribution is -0.870. The summed E-state index contributed by atoms with van der Waals surface area (Å²) in [6.45, 7) is 4.87. The van der Waals surface area contributed by atoms with Gasteiger partial charge in [0.25, 0.3) is 6.29 Å². The van der Waals surface area contributed by atoms with Gasteiger partial charge in [0.05, 0.1) is 34.4 Å². The van der Waals surface area contributed by atoms with Crippen LogP contribution in [0.25, 0.3) is 0 Å². The molecule has 0 aromatic heterocycles. The second-order valence-electron chi connectivity index (χ2n) is 20.6. The molecule has 0 aliphatic heterocycles. The highest BCUT2D eigenvalue weighted by molar-refractivity contribution is 5.71. The van der Waals surface area contributed by atoms with Gasteiger partial charge in [0.15, 0.2) is 6.10 Å². The van der Waals surface area contributed by atoms with Gasteiger partial charge in [0.2, 0.25) is 0 Å². The van der Waals surface area contributed by atoms with Gasteiger partial charge >= 0.3 is 17.9 Å². The van der Waals surface area contributed by atoms with E-state index in [0.29, 0.717) is 23.9 Å². The van der Waals surface area contributed by atoms with Crippen molar-refractivity contribution in [1.29, 1.82) is 0 Å². The van der Waals surface area contributed by atoms with Gasteiger partial charge in [-0.3, -0.25) is 9.59 Å². The zero-order valence-corrected chi connectivity index (χ0v) is 44.8. The Morgan fingerprint density at radius 2 is 0.806 bits per heavy atom. The van der Waals surface area contributed by atoms with Crippen LogP contribution in [0.2, 0.25) is 0 Å². The highest BCUT2D eigenvalue weighted by Crippen LogP contribution is 2.17. The van der Waals surface area contributed by atoms with E-state index in [1.54, 1.807) is 0 Å². The first-order chi connectivity index (χ1) is 32.6. The lowest BCUT2D eigenvalue weighted by Gasteiger charge is -2.25. The molecule has 0 bridgehead atoms. The van der Waals surface area contributed by atoms with E-state index >= 15 is 0 Å². The Morgan fingerprint density at radius 1 is 0.448 bits per heavy atom. The van der Waals surface area contributed by atoms with Crippen LogP contribution in [-0.4, -0.2) is 87.4 Å². The van der Waals surface area contributed by atoms with Crippen molar-refractivity contribution in [3.63, 3.8) is 0 Å². The van der Waals surface area contributed by atoms with E-state index in [2.05, 4.69) is 38.2 Å². The zero-order valence-electron chi connectivity index (χ0n) is 44.8. The monoisotopic (exact) mass is 949 g/mol. The number of unbranched alkanes of at least 4 members (excludes halogenated alkanes) is 34. The fourth-order valence-electron chi connectivity index (χ4n) is 8.28. The molecule has 2 unspecified atom stereocenters. The molecule has 0 amide bonds. The minimum Gasteiger partial charge on any atom is -0.477 e. The van der Waals surface area contributed by atoms with E-state index in [1.165, 1.54) is 180 Å². The fourth-order valence-corrected chi connectivity index (χ4v) is 8.28. The summed E-state index contributed by atoms with van der Waals surface area (Å²) in [7, 11) is 5.97. The molecule has 0 aromatic carbocycles. The van der Waals surface area contributed by atoms with Crippen LogP contribution in [0.1, 0.15) is 271 Å². The number of ether oxygens (including phenoxy) is 4. The number of hydrogen-bond acceptors (Lipinski definition) is 7. The third kappa shape index (κ3) is 51.4. The summed E-state index contributed by atoms with van der Waals surface area (Å²) < 4.78 is 22.8. The third-order valence-corrected chi connectivity index (χ3v) is 12.7. The van der Waals surface area contributed by atoms with Crippen LogP contribution in [0, 0.1) is 0 Å². The number of rotatable bonds is 53. The van der Waals surface area contributed by atoms with Gasteiger partial charge in [-0.25, -0.2) is 4.79 Å². The molecule has 2 atom stereocenters. The second kappa shape index (κ2) is 50.2. The van der Waals surface area contributed by atoms with Gasteiger partial charge in [0, 0.05) is 12.8 Å². The van der Waals surface area contributed by atoms with Crippen LogP contribution in [0.15, 0.2) is 24.3 Å². The lowest BCUT2D eigenvalue weighted by Crippen LogP contribution is -2.40. The van der Waals surface area contributed by atoms with Crippen molar-refractivity contribution in [2.45, 2.75) is 283 Å². The third-order valence-electron chi connectivity index (χ3n) is 12.7. The highest BCUT2D eigenvalue weighted by Gasteiger charge is 2.25. The van der Waals surface area contributed by atoms with E-state index in [0.717, 1.165) is 57.8 Å². The number of carbonyl (C=O) groups is 3. The molecule has 0 aliphatic carbocycles. The maximum Gasteiger partial charge on any atom is 0.361 e. The van der Waals surface area contributed by atoms with Crippen LogP contribution in [0.4, 0.5) is 0 Å². The summed E-state index contributed by atoms with van der Waals surface area (Å²) in [5.74, 6) is -2.01. The topological polar surface area (TPSA) is 108 Å². The first kappa shape index (κ1) is 64.8. The molecule has 1 N–H and O–H groups in total. The van der Waals surface area contributed by atoms with Crippen LogP contribution in [-0.2, 0) is 33.3 Å². The van der Waals surface area contributed by atoms with Crippen LogP contribution < -0.4 is 0 Å². The molecule has 0 saturated carbocycles. The second-order valence-corrected chi connectivity index (χ2v) is 20.6. The smallest absolute Gasteiger partial charge is 0.361 e. The average Bonchev–Trinajstić information content (AvgIpc) is 3.29. The molecule has 0 fully saturated rings. The fraction of sp³-hybridized carbons (Fsp3) is 0.879. The van der Waals surface area contributed by atoms with Gasteiger partial charge in [-0.2, -0.15) is 0 Å². The first-order valence-corrected chi connectivity index (χ1v) is 28.5. The van der Waals surface area contributed by atoms with E-state index in [9.17, 15) is 19.5 Å². The van der Waals surface area contributed by atoms with Crippen molar-refractivity contribution in [3.8, 4) is 0 Å². The Balaban J connectivity index is 4.15. The minimum atomic E-state index is -1.51. The molecule has 0 rings (SSSR count). The number of aliphatic carboxylic acids is 1. The molecule has 0 radical (unpaired) electrons. The molecule has 9 nitrogen and oxygen atoms in total. The Labute approximate surface area is 414 Å². The number of likely N-dealkylation sites (N-methyl/N-ethyl adjacent to an activating group) is 1. The normalized spacial score (nSPS) is 12.9. The standard InChI is InChI=1S/C58H109NO8/c1-6-8-10-12-14-16-18-20-22-23-24-25-26-27-28-29-30-31-32-33-35-36-38-40-42-44-46-48-55(60)65-52-54(53-66-58(57(62)63)64-51-50-59(3,4)5)67-56(61)49-47-45-43-41-39-37-34-21-19-17-15-13-11-9-7-2/h15,17,21,34,54,58H,6-14,16,18-20,22-33,35-53H2,1-5H3/p+1/b17-15-,34-21-. The SMILES string of the molecule is CCCCC/C=C\C/C=C\CCCCCCCC(=O)OC(COC(=O)CCCCCCCCCCCCCCCCCCCCCCCCCCCCC)COC(OCC[N+](C)(C)C)C(=O)O. The first-order valence-electron chi connectivity index (χ1n) is 28.5. The predicted molar refractivity (Wildman–Crippen MR) is 281 cm³/mol. The summed E-state index contributed by atoms with van der Waals surface area (Å²) in [4.78, 5) is 37.3. The Morgan fingerprint density at radius 3 is 1.21 bits per heavy atom. The molecule has 67 heavy (non-hydrogen) atoms. The number of esters is 2. The van der Waals surface area contributed by atoms with Crippen molar-refractivity contribution in [2.24, 2.45) is 0 Å². The Hall–Kier alpha value is -2.23. The maximum absolute atomic E-state index is 12.8. The van der Waals surface area contributed by atoms with E-state index < -0.39 is 24.3 Å². The van der Waals surface area contributed by atoms with Crippen molar-refractivity contribution < 1.29 is 42.9 Å². The summed E-state index contributed by atoms with van der Waals surface area (Å²) in [5.41, 5.74) is 0. The van der Waals surface area contributed by atoms with Crippen LogP contribution in [0.5, 0.6) is 0 Å². The predicted octanol–water partition coefficient (Wildman–Crippen LogP) is 16.3. The molecular formula is C58H110NO8+. The number of quaternary nitrogens is 1. The molecular weight excluding hydrogens is 839 g/mol. The summed E-state index contributed by atoms with van der Waals surface area (Å²) in [5, 5.41) is 9.68. The maximum atomic E-state index is 12.8. The van der Waals surface area contributed by atoms with Gasteiger partial charge in [-0.15, -0.1) is 0 Å². The molecule has 394 valence electrons. The molecule has 0 heterocycles. The summed E-state index contributed by atoms with van der Waals surface area (Å²) in [6, 6.07) is 0. The number of carbonyl (C=O) groups excluding carboxylic acids is 2. The number of nitrogens with zero attached hydrogens (tertiary/aromatic N) is 1. The Kier molecular flexibility index (Phi) is 48.5. The van der Waals surface area contributed by atoms with E-state index in [4.69, 9.17) is 18.9 Å². The molecule has 0 aromatic rings. The van der Waals surface area contributed by atoms with E-state index in [-0.39, 0.29) is 32.2 Å². The molecule has 0 spiro atoms. The summed E-state index contributed by atoms with van der Waals surface area (Å²) >= 11 is 0. The average molecular weight is 950 g/mol. The lowest BCUT2D eigenvalue weighted by atomic mass is 10.0. The largest absolute Gasteiger partial charge is 0.477 e. The summed E-state index contributed by atoms with van der Waals surface area (Å²) in [6.07, 6.45) is 55.5. The Bertz CT molecular complexity index is 1150. The van der Waals surface area contributed by atoms with Crippen molar-refractivity contribution in [1.82, 2.24) is 0 Å². The van der Waals surface area contributed by atoms with Gasteiger partial charge in [-0.1, -0.05) is 237 Å². The number of allylic oxidation sites excluding steroid dienone is 4. The zero-order chi connectivity index (χ0) is 49.2. The molecule has 0 aliphatic rings. The van der Waals surface area contributed by atoms with Gasteiger partial charge in [0.1, 0.15) is 13.2 Å². The van der Waals surface area contributed by atoms with Crippen LogP contribution in [0.3, 0.4) is 0 Å². The number of carboxylic acid groups (broad SMARTS) is 1. The van der Waals surface area contributed by atoms with Gasteiger partial charge in [-0.05, 0) is 44.9 Å². The quantitative estimate of drug-likeness (QED) is 0.0211. The van der Waals surface area contributed by atoms with Crippen molar-refractivity contribution in [2.75, 3.05) is 47.5 Å².